The highest BCUT2D eigenvalue weighted by molar-refractivity contribution is 4.91. The Bertz CT molecular complexity index is 163. The van der Waals surface area contributed by atoms with Crippen LogP contribution in [0.2, 0.25) is 0 Å². The third kappa shape index (κ3) is 2.03. The van der Waals surface area contributed by atoms with Crippen molar-refractivity contribution in [3.63, 3.8) is 0 Å². The van der Waals surface area contributed by atoms with Crippen molar-refractivity contribution in [3.05, 3.63) is 0 Å². The van der Waals surface area contributed by atoms with Gasteiger partial charge in [0.05, 0.1) is 24.4 Å². The highest BCUT2D eigenvalue weighted by atomic mass is 16.5. The highest BCUT2D eigenvalue weighted by Gasteiger charge is 2.39. The Kier molecular flexibility index (Phi) is 3.71. The van der Waals surface area contributed by atoms with E-state index in [-0.39, 0.29) is 30.3 Å². The third-order valence-corrected chi connectivity index (χ3v) is 3.12. The number of hydrogen-bond donors (Lipinski definition) is 2. The molecule has 5 atom stereocenters. The number of aliphatic hydroxyl groups excluding tert-OH is 1. The molecule has 78 valence electrons. The average molecular weight is 187 g/mol. The van der Waals surface area contributed by atoms with Gasteiger partial charge in [-0.3, -0.25) is 0 Å². The van der Waals surface area contributed by atoms with Crippen LogP contribution in [-0.4, -0.2) is 36.5 Å². The van der Waals surface area contributed by atoms with Gasteiger partial charge in [0, 0.05) is 5.92 Å². The number of hydrogen-bond acceptors (Lipinski definition) is 3. The minimum absolute atomic E-state index is 0.0674. The third-order valence-electron chi connectivity index (χ3n) is 3.12. The summed E-state index contributed by atoms with van der Waals surface area (Å²) in [5, 5.41) is 13.1. The molecule has 3 unspecified atom stereocenters. The van der Waals surface area contributed by atoms with E-state index in [0.717, 1.165) is 6.42 Å². The quantitative estimate of drug-likeness (QED) is 0.671. The molecule has 0 amide bonds. The lowest BCUT2D eigenvalue weighted by atomic mass is 9.86. The molecule has 13 heavy (non-hydrogen) atoms. The fraction of sp³-hybridized carbons (Fsp3) is 1.00. The fourth-order valence-corrected chi connectivity index (χ4v) is 2.18. The maximum Gasteiger partial charge on any atom is 0.0768 e. The van der Waals surface area contributed by atoms with E-state index in [1.54, 1.807) is 0 Å². The first kappa shape index (κ1) is 11.0. The predicted molar refractivity (Wildman–Crippen MR) is 52.6 cm³/mol. The van der Waals surface area contributed by atoms with E-state index in [1.807, 2.05) is 14.0 Å². The molecule has 0 saturated carbocycles. The van der Waals surface area contributed by atoms with Gasteiger partial charge in [-0.25, -0.2) is 0 Å². The van der Waals surface area contributed by atoms with E-state index in [1.165, 1.54) is 0 Å². The molecule has 0 spiro atoms. The zero-order valence-electron chi connectivity index (χ0n) is 8.95. The minimum Gasteiger partial charge on any atom is -0.391 e. The molecule has 0 aromatic heterocycles. The Morgan fingerprint density at radius 1 is 1.38 bits per heavy atom. The monoisotopic (exact) mass is 187 g/mol. The summed E-state index contributed by atoms with van der Waals surface area (Å²) in [7, 11) is 1.87. The Hall–Kier alpha value is -0.120. The minimum atomic E-state index is -0.293. The van der Waals surface area contributed by atoms with Gasteiger partial charge in [0.2, 0.25) is 0 Å². The first-order valence-electron chi connectivity index (χ1n) is 5.12. The number of rotatable bonds is 2. The summed E-state index contributed by atoms with van der Waals surface area (Å²) in [5.74, 6) is 0.221. The molecule has 1 heterocycles. The van der Waals surface area contributed by atoms with Crippen LogP contribution in [0.15, 0.2) is 0 Å². The standard InChI is InChI=1S/C10H21NO2/c1-5-8-6(2)10(12)9(11-4)7(3)13-8/h6-12H,5H2,1-4H3/t6-,7-,8?,9?,10?/m0/s1. The van der Waals surface area contributed by atoms with Gasteiger partial charge in [-0.2, -0.15) is 0 Å². The van der Waals surface area contributed by atoms with Crippen LogP contribution < -0.4 is 5.32 Å². The molecule has 1 aliphatic heterocycles. The van der Waals surface area contributed by atoms with Crippen LogP contribution in [0.4, 0.5) is 0 Å². The number of nitrogens with one attached hydrogen (secondary N) is 1. The zero-order chi connectivity index (χ0) is 10.0. The molecule has 0 bridgehead atoms. The van der Waals surface area contributed by atoms with Gasteiger partial charge in [0.1, 0.15) is 0 Å². The van der Waals surface area contributed by atoms with E-state index in [4.69, 9.17) is 4.74 Å². The average Bonchev–Trinajstić information content (AvgIpc) is 2.12. The Morgan fingerprint density at radius 3 is 2.46 bits per heavy atom. The van der Waals surface area contributed by atoms with E-state index in [0.29, 0.717) is 0 Å². The van der Waals surface area contributed by atoms with E-state index < -0.39 is 0 Å². The van der Waals surface area contributed by atoms with Crippen LogP contribution in [0.25, 0.3) is 0 Å². The number of ether oxygens (including phenoxy) is 1. The SMILES string of the molecule is CCC1O[C@@H](C)C(NC)C(O)[C@H]1C. The van der Waals surface area contributed by atoms with Crippen molar-refractivity contribution in [3.8, 4) is 0 Å². The summed E-state index contributed by atoms with van der Waals surface area (Å²) in [4.78, 5) is 0. The van der Waals surface area contributed by atoms with Crippen molar-refractivity contribution in [2.45, 2.75) is 51.5 Å². The molecular weight excluding hydrogens is 166 g/mol. The maximum atomic E-state index is 9.97. The highest BCUT2D eigenvalue weighted by Crippen LogP contribution is 2.27. The van der Waals surface area contributed by atoms with Gasteiger partial charge in [-0.05, 0) is 20.4 Å². The van der Waals surface area contributed by atoms with Crippen molar-refractivity contribution in [1.82, 2.24) is 5.32 Å². The van der Waals surface area contributed by atoms with Gasteiger partial charge in [-0.1, -0.05) is 13.8 Å². The van der Waals surface area contributed by atoms with E-state index in [2.05, 4.69) is 19.2 Å². The topological polar surface area (TPSA) is 41.5 Å². The van der Waals surface area contributed by atoms with Crippen molar-refractivity contribution >= 4 is 0 Å². The van der Waals surface area contributed by atoms with Gasteiger partial charge in [0.25, 0.3) is 0 Å². The predicted octanol–water partition coefficient (Wildman–Crippen LogP) is 0.769. The molecule has 2 N–H and O–H groups in total. The fourth-order valence-electron chi connectivity index (χ4n) is 2.18. The second kappa shape index (κ2) is 4.40. The summed E-state index contributed by atoms with van der Waals surface area (Å²) in [6, 6.07) is 0.0674. The Balaban J connectivity index is 2.66. The number of aliphatic hydroxyl groups is 1. The van der Waals surface area contributed by atoms with Crippen LogP contribution in [0.3, 0.4) is 0 Å². The molecule has 1 saturated heterocycles. The van der Waals surface area contributed by atoms with E-state index in [9.17, 15) is 5.11 Å². The summed E-state index contributed by atoms with van der Waals surface area (Å²) in [5.41, 5.74) is 0. The lowest BCUT2D eigenvalue weighted by Crippen LogP contribution is -2.57. The first-order chi connectivity index (χ1) is 6.11. The molecule has 3 nitrogen and oxygen atoms in total. The molecule has 0 aromatic carbocycles. The van der Waals surface area contributed by atoms with Crippen LogP contribution in [0.5, 0.6) is 0 Å². The van der Waals surface area contributed by atoms with Crippen molar-refractivity contribution < 1.29 is 9.84 Å². The van der Waals surface area contributed by atoms with Crippen LogP contribution in [-0.2, 0) is 4.74 Å². The molecule has 3 heteroatoms. The second-order valence-electron chi connectivity index (χ2n) is 3.95. The van der Waals surface area contributed by atoms with Crippen molar-refractivity contribution in [2.24, 2.45) is 5.92 Å². The van der Waals surface area contributed by atoms with Crippen LogP contribution >= 0.6 is 0 Å². The Labute approximate surface area is 80.5 Å². The second-order valence-corrected chi connectivity index (χ2v) is 3.95. The van der Waals surface area contributed by atoms with Crippen LogP contribution in [0, 0.1) is 5.92 Å². The zero-order valence-corrected chi connectivity index (χ0v) is 8.95. The normalized spacial score (nSPS) is 46.4. The number of likely N-dealkylation sites (N-methyl/N-ethyl adjacent to an activating group) is 1. The summed E-state index contributed by atoms with van der Waals surface area (Å²) in [6.45, 7) is 6.16. The van der Waals surface area contributed by atoms with Gasteiger partial charge >= 0.3 is 0 Å². The maximum absolute atomic E-state index is 9.97. The van der Waals surface area contributed by atoms with Gasteiger partial charge in [-0.15, -0.1) is 0 Å². The summed E-state index contributed by atoms with van der Waals surface area (Å²) >= 11 is 0. The largest absolute Gasteiger partial charge is 0.391 e. The smallest absolute Gasteiger partial charge is 0.0768 e. The van der Waals surface area contributed by atoms with Crippen LogP contribution in [0.1, 0.15) is 27.2 Å². The summed E-state index contributed by atoms with van der Waals surface area (Å²) < 4.78 is 5.80. The molecular formula is C10H21NO2. The summed E-state index contributed by atoms with van der Waals surface area (Å²) in [6.07, 6.45) is 0.980. The molecule has 1 fully saturated rings. The first-order valence-corrected chi connectivity index (χ1v) is 5.12. The molecule has 0 aromatic rings. The van der Waals surface area contributed by atoms with Gasteiger partial charge in [0.15, 0.2) is 0 Å². The Morgan fingerprint density at radius 2 is 2.00 bits per heavy atom. The molecule has 0 radical (unpaired) electrons. The van der Waals surface area contributed by atoms with Crippen molar-refractivity contribution in [2.75, 3.05) is 7.05 Å². The molecule has 0 aliphatic carbocycles. The molecule has 1 aliphatic rings. The lowest BCUT2D eigenvalue weighted by Gasteiger charge is -2.42. The van der Waals surface area contributed by atoms with Crippen molar-refractivity contribution in [1.29, 1.82) is 0 Å². The van der Waals surface area contributed by atoms with E-state index >= 15 is 0 Å². The molecule has 1 rings (SSSR count). The lowest BCUT2D eigenvalue weighted by molar-refractivity contribution is -0.143. The van der Waals surface area contributed by atoms with Gasteiger partial charge < -0.3 is 15.2 Å².